The van der Waals surface area contributed by atoms with Crippen LogP contribution in [0.15, 0.2) is 53.4 Å². The van der Waals surface area contributed by atoms with Gasteiger partial charge in [0.2, 0.25) is 21.8 Å². The molecule has 0 radical (unpaired) electrons. The molecule has 2 aliphatic heterocycles. The molecule has 2 fully saturated rings. The summed E-state index contributed by atoms with van der Waals surface area (Å²) in [4.78, 5) is 27.2. The largest absolute Gasteiger partial charge is 0.455 e. The van der Waals surface area contributed by atoms with E-state index in [1.54, 1.807) is 48.7 Å². The van der Waals surface area contributed by atoms with Crippen LogP contribution in [0.1, 0.15) is 33.6 Å². The molecular weight excluding hydrogens is 474 g/mol. The lowest BCUT2D eigenvalue weighted by atomic mass is 10.2. The van der Waals surface area contributed by atoms with Gasteiger partial charge >= 0.3 is 0 Å². The lowest BCUT2D eigenvalue weighted by Crippen LogP contribution is -2.48. The first-order valence-corrected chi connectivity index (χ1v) is 13.8. The van der Waals surface area contributed by atoms with Gasteiger partial charge in [0.05, 0.1) is 15.5 Å². The maximum atomic E-state index is 13.3. The highest BCUT2D eigenvalue weighted by molar-refractivity contribution is 8.01. The van der Waals surface area contributed by atoms with E-state index < -0.39 is 16.1 Å². The van der Waals surface area contributed by atoms with Crippen molar-refractivity contribution in [2.75, 3.05) is 24.2 Å². The number of nitrogens with one attached hydrogen (secondary N) is 1. The number of fused-ring (bicyclic) bond motifs is 1. The van der Waals surface area contributed by atoms with Gasteiger partial charge in [-0.3, -0.25) is 9.59 Å². The number of rotatable bonds is 8. The number of ether oxygens (including phenoxy) is 1. The summed E-state index contributed by atoms with van der Waals surface area (Å²) in [6, 6.07) is 12.9. The quantitative estimate of drug-likeness (QED) is 0.587. The zero-order valence-corrected chi connectivity index (χ0v) is 21.1. The molecule has 34 heavy (non-hydrogen) atoms. The Labute approximate surface area is 204 Å². The smallest absolute Gasteiger partial charge is 0.248 e. The number of amides is 2. The number of hydrogen-bond donors (Lipinski definition) is 1. The van der Waals surface area contributed by atoms with Crippen molar-refractivity contribution in [2.45, 2.75) is 49.4 Å². The molecule has 2 unspecified atom stereocenters. The maximum absolute atomic E-state index is 13.3. The van der Waals surface area contributed by atoms with Crippen molar-refractivity contribution in [1.82, 2.24) is 9.21 Å². The van der Waals surface area contributed by atoms with E-state index in [1.165, 1.54) is 16.4 Å². The molecule has 2 heterocycles. The van der Waals surface area contributed by atoms with Gasteiger partial charge in [0.25, 0.3) is 0 Å². The van der Waals surface area contributed by atoms with Gasteiger partial charge in [-0.15, -0.1) is 11.8 Å². The number of sulfonamides is 1. The van der Waals surface area contributed by atoms with Crippen molar-refractivity contribution in [2.24, 2.45) is 0 Å². The van der Waals surface area contributed by atoms with Crippen LogP contribution >= 0.6 is 11.8 Å². The molecule has 0 aliphatic carbocycles. The third-order valence-electron chi connectivity index (χ3n) is 6.27. The van der Waals surface area contributed by atoms with Crippen molar-refractivity contribution >= 4 is 39.3 Å². The number of hydrogen-bond acceptors (Lipinski definition) is 6. The predicted molar refractivity (Wildman–Crippen MR) is 132 cm³/mol. The summed E-state index contributed by atoms with van der Waals surface area (Å²) in [5.41, 5.74) is 0.243. The third kappa shape index (κ3) is 4.54. The van der Waals surface area contributed by atoms with Gasteiger partial charge in [0.1, 0.15) is 11.8 Å². The van der Waals surface area contributed by atoms with Crippen LogP contribution < -0.4 is 10.1 Å². The van der Waals surface area contributed by atoms with Gasteiger partial charge in [-0.05, 0) is 43.7 Å². The molecule has 4 rings (SSSR count). The summed E-state index contributed by atoms with van der Waals surface area (Å²) in [7, 11) is -3.74. The van der Waals surface area contributed by atoms with Crippen molar-refractivity contribution < 1.29 is 22.7 Å². The maximum Gasteiger partial charge on any atom is 0.248 e. The van der Waals surface area contributed by atoms with Crippen LogP contribution in [0.3, 0.4) is 0 Å². The van der Waals surface area contributed by atoms with Gasteiger partial charge in [-0.25, -0.2) is 8.42 Å². The molecule has 2 aromatic carbocycles. The third-order valence-corrected chi connectivity index (χ3v) is 9.82. The summed E-state index contributed by atoms with van der Waals surface area (Å²) in [5.74, 6) is 0.962. The minimum absolute atomic E-state index is 0.0359. The van der Waals surface area contributed by atoms with E-state index in [0.717, 1.165) is 0 Å². The SMILES string of the molecule is CCN(CC)S(=O)(=O)c1ccc(Oc2ccccc2)c(NC(=O)C2CSC3(C)CCC(=O)N23)c1. The summed E-state index contributed by atoms with van der Waals surface area (Å²) in [5, 5.41) is 2.86. The summed E-state index contributed by atoms with van der Waals surface area (Å²) in [6.07, 6.45) is 1.13. The van der Waals surface area contributed by atoms with E-state index in [-0.39, 0.29) is 27.3 Å². The summed E-state index contributed by atoms with van der Waals surface area (Å²) in [6.45, 7) is 6.20. The van der Waals surface area contributed by atoms with Crippen LogP contribution in [0.2, 0.25) is 0 Å². The van der Waals surface area contributed by atoms with Crippen molar-refractivity contribution in [3.8, 4) is 11.5 Å². The van der Waals surface area contributed by atoms with E-state index in [9.17, 15) is 18.0 Å². The average Bonchev–Trinajstić information content (AvgIpc) is 3.31. The topological polar surface area (TPSA) is 96.0 Å². The van der Waals surface area contributed by atoms with Crippen LogP contribution in [0.25, 0.3) is 0 Å². The molecule has 2 atom stereocenters. The molecule has 2 aliphatic rings. The van der Waals surface area contributed by atoms with Crippen molar-refractivity contribution in [3.05, 3.63) is 48.5 Å². The van der Waals surface area contributed by atoms with Crippen LogP contribution in [-0.2, 0) is 19.6 Å². The first-order chi connectivity index (χ1) is 16.2. The Hall–Kier alpha value is -2.56. The summed E-state index contributed by atoms with van der Waals surface area (Å²) >= 11 is 1.60. The van der Waals surface area contributed by atoms with Gasteiger partial charge in [-0.1, -0.05) is 32.0 Å². The van der Waals surface area contributed by atoms with Crippen LogP contribution in [0.4, 0.5) is 5.69 Å². The second kappa shape index (κ2) is 9.59. The Kier molecular flexibility index (Phi) is 6.93. The zero-order chi connectivity index (χ0) is 24.5. The van der Waals surface area contributed by atoms with Crippen LogP contribution in [-0.4, -0.2) is 59.2 Å². The Morgan fingerprint density at radius 2 is 1.91 bits per heavy atom. The van der Waals surface area contributed by atoms with E-state index in [4.69, 9.17) is 4.74 Å². The Morgan fingerprint density at radius 1 is 1.21 bits per heavy atom. The van der Waals surface area contributed by atoms with E-state index in [1.807, 2.05) is 25.1 Å². The molecule has 0 bridgehead atoms. The minimum Gasteiger partial charge on any atom is -0.455 e. The average molecular weight is 504 g/mol. The lowest BCUT2D eigenvalue weighted by Gasteiger charge is -2.30. The molecule has 8 nitrogen and oxygen atoms in total. The summed E-state index contributed by atoms with van der Waals surface area (Å²) < 4.78 is 33.5. The number of para-hydroxylation sites is 1. The molecule has 2 saturated heterocycles. The van der Waals surface area contributed by atoms with Gasteiger partial charge in [0, 0.05) is 25.3 Å². The van der Waals surface area contributed by atoms with Gasteiger partial charge in [-0.2, -0.15) is 4.31 Å². The molecule has 0 aromatic heterocycles. The van der Waals surface area contributed by atoms with Crippen LogP contribution in [0, 0.1) is 0 Å². The van der Waals surface area contributed by atoms with E-state index in [2.05, 4.69) is 5.32 Å². The number of nitrogens with zero attached hydrogens (tertiary/aromatic N) is 2. The molecule has 182 valence electrons. The molecule has 1 N–H and O–H groups in total. The number of carbonyl (C=O) groups excluding carboxylic acids is 2. The van der Waals surface area contributed by atoms with E-state index in [0.29, 0.717) is 43.2 Å². The first kappa shape index (κ1) is 24.6. The van der Waals surface area contributed by atoms with Crippen molar-refractivity contribution in [3.63, 3.8) is 0 Å². The molecule has 0 saturated carbocycles. The van der Waals surface area contributed by atoms with Gasteiger partial charge < -0.3 is 15.0 Å². The zero-order valence-electron chi connectivity index (χ0n) is 19.5. The number of thioether (sulfide) groups is 1. The Bertz CT molecular complexity index is 1180. The molecular formula is C24H29N3O5S2. The Morgan fingerprint density at radius 3 is 2.59 bits per heavy atom. The fourth-order valence-corrected chi connectivity index (χ4v) is 7.33. The highest BCUT2D eigenvalue weighted by Gasteiger charge is 2.53. The molecule has 0 spiro atoms. The van der Waals surface area contributed by atoms with Crippen LogP contribution in [0.5, 0.6) is 11.5 Å². The highest BCUT2D eigenvalue weighted by Crippen LogP contribution is 2.47. The molecule has 2 amide bonds. The fraction of sp³-hybridized carbons (Fsp3) is 0.417. The molecule has 2 aromatic rings. The van der Waals surface area contributed by atoms with Crippen molar-refractivity contribution in [1.29, 1.82) is 0 Å². The lowest BCUT2D eigenvalue weighted by molar-refractivity contribution is -0.135. The number of anilines is 1. The minimum atomic E-state index is -3.74. The number of carbonyl (C=O) groups is 2. The van der Waals surface area contributed by atoms with E-state index >= 15 is 0 Å². The second-order valence-electron chi connectivity index (χ2n) is 8.42. The first-order valence-electron chi connectivity index (χ1n) is 11.3. The predicted octanol–water partition coefficient (Wildman–Crippen LogP) is 3.90. The van der Waals surface area contributed by atoms with Gasteiger partial charge in [0.15, 0.2) is 5.75 Å². The molecule has 10 heteroatoms. The highest BCUT2D eigenvalue weighted by atomic mass is 32.2. The Balaban J connectivity index is 1.68. The fourth-order valence-electron chi connectivity index (χ4n) is 4.42. The second-order valence-corrected chi connectivity index (χ2v) is 11.9. The number of benzene rings is 2. The monoisotopic (exact) mass is 503 g/mol. The normalized spacial score (nSPS) is 22.2. The standard InChI is InChI=1S/C24H29N3O5S2/c1-4-26(5-2)34(30,31)18-11-12-21(32-17-9-7-6-8-10-17)19(15-18)25-23(29)20-16-33-24(3)14-13-22(28)27(20)24/h6-12,15,20H,4-5,13-14,16H2,1-3H3,(H,25,29).